The number of hydrogen-bond donors (Lipinski definition) is 1. The second-order valence-electron chi connectivity index (χ2n) is 6.23. The van der Waals surface area contributed by atoms with E-state index in [4.69, 9.17) is 5.73 Å². The van der Waals surface area contributed by atoms with Gasteiger partial charge in [0.15, 0.2) is 0 Å². The minimum absolute atomic E-state index is 0.0514. The second-order valence-corrected chi connectivity index (χ2v) is 6.23. The number of halogens is 3. The molecule has 5 nitrogen and oxygen atoms in total. The standard InChI is InChI=1S/C17H18F3N5/c1-9(2)14-13-12(17(18,19)20)8-25(16(13)24-10(3)23-14)7-11-5-4-6-22-15(11)21/h4-6,8-9H,7H2,1-3H3,(H2,21,22). The van der Waals surface area contributed by atoms with Crippen molar-refractivity contribution in [3.8, 4) is 0 Å². The molecule has 0 amide bonds. The molecule has 3 aromatic rings. The molecule has 3 rings (SSSR count). The van der Waals surface area contributed by atoms with Crippen molar-refractivity contribution in [3.63, 3.8) is 0 Å². The summed E-state index contributed by atoms with van der Waals surface area (Å²) in [5.74, 6) is 0.556. The Labute approximate surface area is 142 Å². The molecule has 0 radical (unpaired) electrons. The maximum atomic E-state index is 13.6. The van der Waals surface area contributed by atoms with E-state index in [-0.39, 0.29) is 29.3 Å². The Balaban J connectivity index is 2.28. The molecule has 0 aromatic carbocycles. The molecular formula is C17H18F3N5. The Kier molecular flexibility index (Phi) is 4.14. The van der Waals surface area contributed by atoms with Crippen LogP contribution in [0.2, 0.25) is 0 Å². The van der Waals surface area contributed by atoms with Crippen LogP contribution in [0.5, 0.6) is 0 Å². The van der Waals surface area contributed by atoms with Gasteiger partial charge in [0, 0.05) is 18.0 Å². The third-order valence-electron chi connectivity index (χ3n) is 3.98. The number of hydrogen-bond acceptors (Lipinski definition) is 4. The highest BCUT2D eigenvalue weighted by Gasteiger charge is 2.37. The Hall–Kier alpha value is -2.64. The maximum absolute atomic E-state index is 13.6. The molecule has 8 heteroatoms. The first-order chi connectivity index (χ1) is 11.7. The van der Waals surface area contributed by atoms with E-state index in [1.807, 2.05) is 13.8 Å². The molecule has 3 aromatic heterocycles. The lowest BCUT2D eigenvalue weighted by molar-refractivity contribution is -0.136. The summed E-state index contributed by atoms with van der Waals surface area (Å²) >= 11 is 0. The predicted molar refractivity (Wildman–Crippen MR) is 89.1 cm³/mol. The first-order valence-corrected chi connectivity index (χ1v) is 7.82. The summed E-state index contributed by atoms with van der Waals surface area (Å²) in [6, 6.07) is 3.43. The van der Waals surface area contributed by atoms with Crippen LogP contribution in [0.4, 0.5) is 19.0 Å². The maximum Gasteiger partial charge on any atom is 0.418 e. The number of nitrogen functional groups attached to an aromatic ring is 1. The monoisotopic (exact) mass is 349 g/mol. The number of aromatic nitrogens is 4. The molecule has 0 saturated carbocycles. The Morgan fingerprint density at radius 2 is 1.96 bits per heavy atom. The molecule has 0 aliphatic carbocycles. The van der Waals surface area contributed by atoms with Crippen molar-refractivity contribution in [1.29, 1.82) is 0 Å². The van der Waals surface area contributed by atoms with Crippen LogP contribution in [0.1, 0.15) is 42.4 Å². The molecular weight excluding hydrogens is 331 g/mol. The zero-order chi connectivity index (χ0) is 18.4. The van der Waals surface area contributed by atoms with Gasteiger partial charge in [-0.2, -0.15) is 13.2 Å². The minimum atomic E-state index is -4.49. The molecule has 132 valence electrons. The highest BCUT2D eigenvalue weighted by Crippen LogP contribution is 2.38. The summed E-state index contributed by atoms with van der Waals surface area (Å²) in [6.07, 6.45) is -1.87. The summed E-state index contributed by atoms with van der Waals surface area (Å²) in [5, 5.41) is 0.0514. The fourth-order valence-electron chi connectivity index (χ4n) is 2.85. The lowest BCUT2D eigenvalue weighted by Crippen LogP contribution is -2.07. The summed E-state index contributed by atoms with van der Waals surface area (Å²) < 4.78 is 42.2. The summed E-state index contributed by atoms with van der Waals surface area (Å²) in [5.41, 5.74) is 6.39. The Morgan fingerprint density at radius 1 is 1.24 bits per heavy atom. The first-order valence-electron chi connectivity index (χ1n) is 7.82. The quantitative estimate of drug-likeness (QED) is 0.778. The van der Waals surface area contributed by atoms with Crippen LogP contribution >= 0.6 is 0 Å². The number of pyridine rings is 1. The number of nitrogens with two attached hydrogens (primary N) is 1. The molecule has 3 heterocycles. The molecule has 0 aliphatic heterocycles. The second kappa shape index (κ2) is 6.02. The number of fused-ring (bicyclic) bond motifs is 1. The molecule has 0 atom stereocenters. The van der Waals surface area contributed by atoms with E-state index in [9.17, 15) is 13.2 Å². The van der Waals surface area contributed by atoms with Gasteiger partial charge in [-0.25, -0.2) is 15.0 Å². The molecule has 0 bridgehead atoms. The zero-order valence-corrected chi connectivity index (χ0v) is 14.1. The van der Waals surface area contributed by atoms with Crippen molar-refractivity contribution in [2.45, 2.75) is 39.4 Å². The smallest absolute Gasteiger partial charge is 0.383 e. The fraction of sp³-hybridized carbons (Fsp3) is 0.353. The van der Waals surface area contributed by atoms with Gasteiger partial charge in [-0.05, 0) is 18.9 Å². The van der Waals surface area contributed by atoms with Gasteiger partial charge in [-0.1, -0.05) is 19.9 Å². The summed E-state index contributed by atoms with van der Waals surface area (Å²) in [7, 11) is 0. The van der Waals surface area contributed by atoms with E-state index in [1.54, 1.807) is 19.1 Å². The normalized spacial score (nSPS) is 12.3. The lowest BCUT2D eigenvalue weighted by Gasteiger charge is -2.11. The van der Waals surface area contributed by atoms with E-state index in [1.165, 1.54) is 10.8 Å². The lowest BCUT2D eigenvalue weighted by atomic mass is 10.0. The average molecular weight is 349 g/mol. The van der Waals surface area contributed by atoms with Crippen molar-refractivity contribution in [3.05, 3.63) is 47.2 Å². The van der Waals surface area contributed by atoms with Crippen molar-refractivity contribution in [2.24, 2.45) is 0 Å². The highest BCUT2D eigenvalue weighted by molar-refractivity contribution is 5.84. The van der Waals surface area contributed by atoms with Crippen LogP contribution in [0.3, 0.4) is 0 Å². The minimum Gasteiger partial charge on any atom is -0.383 e. The van der Waals surface area contributed by atoms with Gasteiger partial charge in [0.25, 0.3) is 0 Å². The van der Waals surface area contributed by atoms with Crippen LogP contribution in [-0.4, -0.2) is 19.5 Å². The van der Waals surface area contributed by atoms with Gasteiger partial charge >= 0.3 is 6.18 Å². The number of alkyl halides is 3. The van der Waals surface area contributed by atoms with Crippen LogP contribution in [0.15, 0.2) is 24.5 Å². The molecule has 0 unspecified atom stereocenters. The van der Waals surface area contributed by atoms with Gasteiger partial charge < -0.3 is 10.3 Å². The Bertz CT molecular complexity index is 928. The molecule has 0 aliphatic rings. The topological polar surface area (TPSA) is 69.6 Å². The number of aryl methyl sites for hydroxylation is 1. The van der Waals surface area contributed by atoms with Gasteiger partial charge in [0.1, 0.15) is 17.3 Å². The zero-order valence-electron chi connectivity index (χ0n) is 14.1. The largest absolute Gasteiger partial charge is 0.418 e. The predicted octanol–water partition coefficient (Wildman–Crippen LogP) is 3.91. The SMILES string of the molecule is Cc1nc(C(C)C)c2c(C(F)(F)F)cn(Cc3cccnc3N)c2n1. The molecule has 0 fully saturated rings. The van der Waals surface area contributed by atoms with Crippen molar-refractivity contribution in [1.82, 2.24) is 19.5 Å². The van der Waals surface area contributed by atoms with Crippen molar-refractivity contribution in [2.75, 3.05) is 5.73 Å². The first kappa shape index (κ1) is 17.2. The van der Waals surface area contributed by atoms with E-state index in [0.717, 1.165) is 6.20 Å². The van der Waals surface area contributed by atoms with Crippen molar-refractivity contribution < 1.29 is 13.2 Å². The van der Waals surface area contributed by atoms with Gasteiger partial charge in [-0.3, -0.25) is 0 Å². The highest BCUT2D eigenvalue weighted by atomic mass is 19.4. The molecule has 2 N–H and O–H groups in total. The van der Waals surface area contributed by atoms with Gasteiger partial charge in [0.05, 0.1) is 23.2 Å². The van der Waals surface area contributed by atoms with E-state index in [0.29, 0.717) is 17.1 Å². The van der Waals surface area contributed by atoms with Crippen LogP contribution in [0.25, 0.3) is 11.0 Å². The summed E-state index contributed by atoms with van der Waals surface area (Å²) in [4.78, 5) is 12.5. The van der Waals surface area contributed by atoms with Gasteiger partial charge in [0.2, 0.25) is 0 Å². The number of nitrogens with zero attached hydrogens (tertiary/aromatic N) is 4. The van der Waals surface area contributed by atoms with E-state index < -0.39 is 11.7 Å². The number of rotatable bonds is 3. The third-order valence-corrected chi connectivity index (χ3v) is 3.98. The van der Waals surface area contributed by atoms with Crippen molar-refractivity contribution >= 4 is 16.9 Å². The Morgan fingerprint density at radius 3 is 2.56 bits per heavy atom. The fourth-order valence-corrected chi connectivity index (χ4v) is 2.85. The van der Waals surface area contributed by atoms with E-state index >= 15 is 0 Å². The summed E-state index contributed by atoms with van der Waals surface area (Å²) in [6.45, 7) is 5.46. The molecule has 0 spiro atoms. The number of anilines is 1. The van der Waals surface area contributed by atoms with Crippen LogP contribution in [0, 0.1) is 6.92 Å². The van der Waals surface area contributed by atoms with Crippen LogP contribution in [-0.2, 0) is 12.7 Å². The average Bonchev–Trinajstić information content (AvgIpc) is 2.87. The van der Waals surface area contributed by atoms with Crippen LogP contribution < -0.4 is 5.73 Å². The molecule has 25 heavy (non-hydrogen) atoms. The van der Waals surface area contributed by atoms with E-state index in [2.05, 4.69) is 15.0 Å². The molecule has 0 saturated heterocycles. The van der Waals surface area contributed by atoms with Gasteiger partial charge in [-0.15, -0.1) is 0 Å². The third kappa shape index (κ3) is 3.16.